The zero-order valence-electron chi connectivity index (χ0n) is 16.4. The van der Waals surface area contributed by atoms with Crippen molar-refractivity contribution >= 4 is 22.7 Å². The molecule has 0 N–H and O–H groups in total. The molecule has 0 amide bonds. The van der Waals surface area contributed by atoms with Gasteiger partial charge < -0.3 is 19.1 Å². The number of esters is 1. The molecule has 5 rings (SSSR count). The molecule has 0 aliphatic carbocycles. The third kappa shape index (κ3) is 3.57. The fraction of sp³-hybridized carbons (Fsp3) is 0.304. The van der Waals surface area contributed by atoms with Gasteiger partial charge in [0.15, 0.2) is 6.79 Å². The number of fused-ring (bicyclic) bond motifs is 2. The molecule has 0 radical (unpaired) electrons. The SMILES string of the molecule is O=C(OCc1cc(F)cc2c1OCOC2)c1cc2ccccc2nc1N1CCCC1. The maximum absolute atomic E-state index is 14.0. The van der Waals surface area contributed by atoms with Crippen molar-refractivity contribution in [3.05, 3.63) is 65.0 Å². The summed E-state index contributed by atoms with van der Waals surface area (Å²) < 4.78 is 30.3. The van der Waals surface area contributed by atoms with Gasteiger partial charge in [-0.25, -0.2) is 14.2 Å². The van der Waals surface area contributed by atoms with Gasteiger partial charge in [-0.15, -0.1) is 0 Å². The number of anilines is 1. The van der Waals surface area contributed by atoms with Gasteiger partial charge in [-0.05, 0) is 37.1 Å². The number of para-hydroxylation sites is 1. The summed E-state index contributed by atoms with van der Waals surface area (Å²) in [5.41, 5.74) is 2.35. The Kier molecular flexibility index (Phi) is 4.96. The molecule has 1 saturated heterocycles. The number of hydrogen-bond acceptors (Lipinski definition) is 6. The van der Waals surface area contributed by atoms with Crippen molar-refractivity contribution < 1.29 is 23.4 Å². The Labute approximate surface area is 173 Å². The minimum atomic E-state index is -0.486. The van der Waals surface area contributed by atoms with Gasteiger partial charge >= 0.3 is 5.97 Å². The summed E-state index contributed by atoms with van der Waals surface area (Å²) in [6, 6.07) is 12.2. The number of benzene rings is 2. The molecule has 0 unspecified atom stereocenters. The molecule has 3 aromatic rings. The highest BCUT2D eigenvalue weighted by atomic mass is 19.1. The number of rotatable bonds is 4. The standard InChI is InChI=1S/C23H21FN2O4/c24-18-9-16-12-28-14-30-21(16)17(10-18)13-29-23(27)19-11-15-5-1-2-6-20(15)25-22(19)26-7-3-4-8-26/h1-2,5-6,9-11H,3-4,7-8,12-14H2. The lowest BCUT2D eigenvalue weighted by Gasteiger charge is -2.22. The zero-order valence-corrected chi connectivity index (χ0v) is 16.4. The molecule has 0 spiro atoms. The Morgan fingerprint density at radius 2 is 2.00 bits per heavy atom. The molecule has 3 heterocycles. The highest BCUT2D eigenvalue weighted by molar-refractivity contribution is 5.99. The molecular weight excluding hydrogens is 387 g/mol. The second-order valence-electron chi connectivity index (χ2n) is 7.49. The van der Waals surface area contributed by atoms with Crippen LogP contribution in [0.25, 0.3) is 10.9 Å². The Morgan fingerprint density at radius 1 is 1.17 bits per heavy atom. The van der Waals surface area contributed by atoms with Crippen LogP contribution in [0.2, 0.25) is 0 Å². The molecule has 6 nitrogen and oxygen atoms in total. The molecule has 0 atom stereocenters. The number of hydrogen-bond donors (Lipinski definition) is 0. The molecule has 30 heavy (non-hydrogen) atoms. The molecule has 2 aromatic carbocycles. The summed E-state index contributed by atoms with van der Waals surface area (Å²) in [6.45, 7) is 1.98. The summed E-state index contributed by atoms with van der Waals surface area (Å²) in [6.07, 6.45) is 2.13. The minimum Gasteiger partial charge on any atom is -0.467 e. The number of carbonyl (C=O) groups excluding carboxylic acids is 1. The third-order valence-corrected chi connectivity index (χ3v) is 5.44. The monoisotopic (exact) mass is 408 g/mol. The maximum Gasteiger partial charge on any atom is 0.342 e. The third-order valence-electron chi connectivity index (χ3n) is 5.44. The Hall–Kier alpha value is -3.19. The number of nitrogens with zero attached hydrogens (tertiary/aromatic N) is 2. The number of aromatic nitrogens is 1. The highest BCUT2D eigenvalue weighted by Crippen LogP contribution is 2.31. The number of carbonyl (C=O) groups is 1. The van der Waals surface area contributed by atoms with Gasteiger partial charge in [0.1, 0.15) is 29.6 Å². The molecule has 2 aliphatic rings. The summed E-state index contributed by atoms with van der Waals surface area (Å²) in [4.78, 5) is 19.9. The van der Waals surface area contributed by atoms with E-state index in [-0.39, 0.29) is 20.0 Å². The number of halogens is 1. The van der Waals surface area contributed by atoms with Crippen molar-refractivity contribution in [2.75, 3.05) is 24.8 Å². The van der Waals surface area contributed by atoms with E-state index in [0.29, 0.717) is 28.3 Å². The average Bonchev–Trinajstić information content (AvgIpc) is 3.31. The predicted molar refractivity (Wildman–Crippen MR) is 109 cm³/mol. The van der Waals surface area contributed by atoms with E-state index in [0.717, 1.165) is 36.8 Å². The van der Waals surface area contributed by atoms with E-state index in [1.165, 1.54) is 12.1 Å². The van der Waals surface area contributed by atoms with Crippen LogP contribution in [0.1, 0.15) is 34.3 Å². The highest BCUT2D eigenvalue weighted by Gasteiger charge is 2.24. The molecule has 1 aromatic heterocycles. The van der Waals surface area contributed by atoms with Crippen LogP contribution in [-0.4, -0.2) is 30.8 Å². The average molecular weight is 408 g/mol. The van der Waals surface area contributed by atoms with Crippen molar-refractivity contribution in [3.8, 4) is 5.75 Å². The number of ether oxygens (including phenoxy) is 3. The summed E-state index contributed by atoms with van der Waals surface area (Å²) >= 11 is 0. The van der Waals surface area contributed by atoms with E-state index in [2.05, 4.69) is 4.90 Å². The molecule has 2 aliphatic heterocycles. The molecule has 1 fully saturated rings. The molecule has 0 saturated carbocycles. The summed E-state index contributed by atoms with van der Waals surface area (Å²) in [5, 5.41) is 0.871. The van der Waals surface area contributed by atoms with Gasteiger partial charge in [-0.3, -0.25) is 0 Å². The molecule has 7 heteroatoms. The first-order chi connectivity index (χ1) is 14.7. The molecular formula is C23H21FN2O4. The van der Waals surface area contributed by atoms with Crippen molar-refractivity contribution in [2.45, 2.75) is 26.1 Å². The van der Waals surface area contributed by atoms with Crippen LogP contribution in [0, 0.1) is 5.82 Å². The summed E-state index contributed by atoms with van der Waals surface area (Å²) in [5.74, 6) is 0.258. The largest absolute Gasteiger partial charge is 0.467 e. The van der Waals surface area contributed by atoms with Crippen molar-refractivity contribution in [2.24, 2.45) is 0 Å². The van der Waals surface area contributed by atoms with Gasteiger partial charge in [-0.2, -0.15) is 0 Å². The van der Waals surface area contributed by atoms with Crippen LogP contribution >= 0.6 is 0 Å². The molecule has 0 bridgehead atoms. The maximum atomic E-state index is 14.0. The van der Waals surface area contributed by atoms with Crippen LogP contribution in [-0.2, 0) is 22.7 Å². The van der Waals surface area contributed by atoms with Gasteiger partial charge in [0, 0.05) is 29.6 Å². The van der Waals surface area contributed by atoms with E-state index in [9.17, 15) is 9.18 Å². The van der Waals surface area contributed by atoms with Gasteiger partial charge in [-0.1, -0.05) is 18.2 Å². The van der Waals surface area contributed by atoms with Gasteiger partial charge in [0.05, 0.1) is 12.1 Å². The van der Waals surface area contributed by atoms with E-state index in [1.807, 2.05) is 30.3 Å². The molecule has 154 valence electrons. The smallest absolute Gasteiger partial charge is 0.342 e. The Balaban J connectivity index is 1.45. The van der Waals surface area contributed by atoms with Gasteiger partial charge in [0.2, 0.25) is 0 Å². The summed E-state index contributed by atoms with van der Waals surface area (Å²) in [7, 11) is 0. The Bertz CT molecular complexity index is 1110. The first-order valence-electron chi connectivity index (χ1n) is 10.0. The lowest BCUT2D eigenvalue weighted by atomic mass is 10.1. The van der Waals surface area contributed by atoms with Crippen LogP contribution in [0.3, 0.4) is 0 Å². The van der Waals surface area contributed by atoms with Crippen molar-refractivity contribution in [1.29, 1.82) is 0 Å². The van der Waals surface area contributed by atoms with Crippen LogP contribution in [0.15, 0.2) is 42.5 Å². The van der Waals surface area contributed by atoms with Crippen molar-refractivity contribution in [1.82, 2.24) is 4.98 Å². The minimum absolute atomic E-state index is 0.0906. The van der Waals surface area contributed by atoms with E-state index >= 15 is 0 Å². The second-order valence-corrected chi connectivity index (χ2v) is 7.49. The predicted octanol–water partition coefficient (Wildman–Crippen LogP) is 4.20. The fourth-order valence-corrected chi connectivity index (χ4v) is 4.01. The van der Waals surface area contributed by atoms with E-state index in [4.69, 9.17) is 19.2 Å². The second kappa shape index (κ2) is 7.91. The van der Waals surface area contributed by atoms with Gasteiger partial charge in [0.25, 0.3) is 0 Å². The lowest BCUT2D eigenvalue weighted by Crippen LogP contribution is -2.23. The van der Waals surface area contributed by atoms with Crippen LogP contribution < -0.4 is 9.64 Å². The zero-order chi connectivity index (χ0) is 20.5. The number of pyridine rings is 1. The van der Waals surface area contributed by atoms with Crippen molar-refractivity contribution in [3.63, 3.8) is 0 Å². The first kappa shape index (κ1) is 18.8. The fourth-order valence-electron chi connectivity index (χ4n) is 4.01. The van der Waals surface area contributed by atoms with Crippen LogP contribution in [0.5, 0.6) is 5.75 Å². The van der Waals surface area contributed by atoms with E-state index < -0.39 is 11.8 Å². The van der Waals surface area contributed by atoms with Crippen LogP contribution in [0.4, 0.5) is 10.2 Å². The lowest BCUT2D eigenvalue weighted by molar-refractivity contribution is -0.0182. The normalized spacial score (nSPS) is 15.7. The Morgan fingerprint density at radius 3 is 2.87 bits per heavy atom. The topological polar surface area (TPSA) is 60.9 Å². The van der Waals surface area contributed by atoms with E-state index in [1.54, 1.807) is 0 Å². The quantitative estimate of drug-likeness (QED) is 0.603. The first-order valence-corrected chi connectivity index (χ1v) is 10.0.